The van der Waals surface area contributed by atoms with Gasteiger partial charge in [-0.3, -0.25) is 0 Å². The lowest BCUT2D eigenvalue weighted by atomic mass is 9.94. The van der Waals surface area contributed by atoms with Gasteiger partial charge in [0.1, 0.15) is 10.8 Å². The van der Waals surface area contributed by atoms with E-state index in [1.54, 1.807) is 0 Å². The molecule has 0 fully saturated rings. The number of carbonyl (C=O) groups excluding carboxylic acids is 1. The standard InChI is InChI=1S/C13H13F4NO2S/c1-12(10(21)18(2)3,20-11(19)13(15,16)17)8-5-4-6-9(14)7-8/h4-7H,1-3H3. The van der Waals surface area contributed by atoms with E-state index in [0.717, 1.165) is 12.1 Å². The van der Waals surface area contributed by atoms with Crippen molar-refractivity contribution in [2.75, 3.05) is 14.1 Å². The summed E-state index contributed by atoms with van der Waals surface area (Å²) in [5, 5.41) is 0. The summed E-state index contributed by atoms with van der Waals surface area (Å²) in [6.07, 6.45) is -5.17. The minimum absolute atomic E-state index is 0.0128. The largest absolute Gasteiger partial charge is 0.490 e. The van der Waals surface area contributed by atoms with Crippen LogP contribution >= 0.6 is 12.2 Å². The molecule has 116 valence electrons. The molecule has 1 aromatic carbocycles. The molecule has 1 aromatic rings. The Morgan fingerprint density at radius 1 is 1.29 bits per heavy atom. The highest BCUT2D eigenvalue weighted by Crippen LogP contribution is 2.32. The van der Waals surface area contributed by atoms with E-state index in [-0.39, 0.29) is 10.6 Å². The minimum atomic E-state index is -5.17. The first-order valence-electron chi connectivity index (χ1n) is 5.76. The van der Waals surface area contributed by atoms with Crippen molar-refractivity contribution in [3.8, 4) is 0 Å². The van der Waals surface area contributed by atoms with Crippen LogP contribution in [-0.2, 0) is 15.1 Å². The van der Waals surface area contributed by atoms with Crippen LogP contribution in [0.4, 0.5) is 17.6 Å². The fraction of sp³-hybridized carbons (Fsp3) is 0.385. The van der Waals surface area contributed by atoms with Gasteiger partial charge in [0.25, 0.3) is 0 Å². The number of benzene rings is 1. The Bertz CT molecular complexity index is 559. The predicted molar refractivity (Wildman–Crippen MR) is 72.2 cm³/mol. The molecule has 0 aliphatic carbocycles. The Morgan fingerprint density at radius 2 is 1.86 bits per heavy atom. The predicted octanol–water partition coefficient (Wildman–Crippen LogP) is 3.04. The number of nitrogens with zero attached hydrogens (tertiary/aromatic N) is 1. The average Bonchev–Trinajstić information content (AvgIpc) is 2.36. The summed E-state index contributed by atoms with van der Waals surface area (Å²) in [4.78, 5) is 12.4. The fourth-order valence-corrected chi connectivity index (χ4v) is 1.84. The molecule has 3 nitrogen and oxygen atoms in total. The smallest absolute Gasteiger partial charge is 0.440 e. The van der Waals surface area contributed by atoms with Crippen LogP contribution in [0.2, 0.25) is 0 Å². The zero-order valence-electron chi connectivity index (χ0n) is 11.5. The molecule has 0 bridgehead atoms. The summed E-state index contributed by atoms with van der Waals surface area (Å²) < 4.78 is 55.2. The van der Waals surface area contributed by atoms with Gasteiger partial charge >= 0.3 is 12.1 Å². The van der Waals surface area contributed by atoms with E-state index in [4.69, 9.17) is 12.2 Å². The van der Waals surface area contributed by atoms with Crippen molar-refractivity contribution in [2.24, 2.45) is 0 Å². The number of hydrogen-bond donors (Lipinski definition) is 0. The number of halogens is 4. The van der Waals surface area contributed by atoms with E-state index >= 15 is 0 Å². The summed E-state index contributed by atoms with van der Waals surface area (Å²) in [5.41, 5.74) is -1.90. The van der Waals surface area contributed by atoms with Crippen molar-refractivity contribution >= 4 is 23.2 Å². The lowest BCUT2D eigenvalue weighted by molar-refractivity contribution is -0.208. The summed E-state index contributed by atoms with van der Waals surface area (Å²) in [6, 6.07) is 4.72. The molecule has 1 unspecified atom stereocenters. The van der Waals surface area contributed by atoms with Gasteiger partial charge in [-0.15, -0.1) is 0 Å². The monoisotopic (exact) mass is 323 g/mol. The minimum Gasteiger partial charge on any atom is -0.440 e. The third-order valence-electron chi connectivity index (χ3n) is 2.72. The second-order valence-corrected chi connectivity index (χ2v) is 5.02. The molecule has 1 atom stereocenters. The van der Waals surface area contributed by atoms with E-state index in [1.165, 1.54) is 38.1 Å². The maximum atomic E-state index is 13.3. The quantitative estimate of drug-likeness (QED) is 0.486. The van der Waals surface area contributed by atoms with E-state index in [0.29, 0.717) is 0 Å². The molecule has 0 saturated heterocycles. The number of esters is 1. The number of thiocarbonyl (C=S) groups is 1. The molecule has 0 radical (unpaired) electrons. The topological polar surface area (TPSA) is 29.5 Å². The Balaban J connectivity index is 3.31. The normalized spacial score (nSPS) is 14.2. The Kier molecular flexibility index (Phi) is 4.93. The van der Waals surface area contributed by atoms with Gasteiger partial charge in [-0.05, 0) is 19.1 Å². The third-order valence-corrected chi connectivity index (χ3v) is 3.47. The van der Waals surface area contributed by atoms with Gasteiger partial charge in [-0.1, -0.05) is 24.4 Å². The highest BCUT2D eigenvalue weighted by atomic mass is 32.1. The van der Waals surface area contributed by atoms with Crippen molar-refractivity contribution in [3.63, 3.8) is 0 Å². The Labute approximate surface area is 124 Å². The summed E-state index contributed by atoms with van der Waals surface area (Å²) in [6.45, 7) is 1.19. The molecule has 0 amide bonds. The van der Waals surface area contributed by atoms with E-state index in [2.05, 4.69) is 4.74 Å². The second-order valence-electron chi connectivity index (χ2n) is 4.63. The summed E-state index contributed by atoms with van der Waals surface area (Å²) in [5.74, 6) is -3.07. The van der Waals surface area contributed by atoms with Crippen molar-refractivity contribution in [3.05, 3.63) is 35.6 Å². The van der Waals surface area contributed by atoms with Crippen LogP contribution in [0.15, 0.2) is 24.3 Å². The van der Waals surface area contributed by atoms with Crippen LogP contribution in [0.3, 0.4) is 0 Å². The number of likely N-dealkylation sites (N-methyl/N-ethyl adjacent to an activating group) is 1. The van der Waals surface area contributed by atoms with E-state index in [1.807, 2.05) is 0 Å². The first kappa shape index (κ1) is 17.4. The van der Waals surface area contributed by atoms with E-state index < -0.39 is 23.6 Å². The zero-order chi connectivity index (χ0) is 16.4. The molecule has 0 N–H and O–H groups in total. The maximum Gasteiger partial charge on any atom is 0.490 e. The zero-order valence-corrected chi connectivity index (χ0v) is 12.3. The molecule has 0 spiro atoms. The summed E-state index contributed by atoms with van der Waals surface area (Å²) in [7, 11) is 2.97. The number of alkyl halides is 3. The maximum absolute atomic E-state index is 13.3. The van der Waals surface area contributed by atoms with Gasteiger partial charge in [0.2, 0.25) is 0 Å². The number of carbonyl (C=O) groups is 1. The molecule has 1 rings (SSSR count). The van der Waals surface area contributed by atoms with Gasteiger partial charge in [-0.25, -0.2) is 9.18 Å². The van der Waals surface area contributed by atoms with Gasteiger partial charge in [-0.2, -0.15) is 13.2 Å². The second kappa shape index (κ2) is 5.97. The number of ether oxygens (including phenoxy) is 1. The molecular formula is C13H13F4NO2S. The first-order valence-corrected chi connectivity index (χ1v) is 6.17. The van der Waals surface area contributed by atoms with Crippen LogP contribution in [0.5, 0.6) is 0 Å². The van der Waals surface area contributed by atoms with Crippen LogP contribution in [0, 0.1) is 5.82 Å². The highest BCUT2D eigenvalue weighted by molar-refractivity contribution is 7.80. The van der Waals surface area contributed by atoms with Crippen LogP contribution in [0.25, 0.3) is 0 Å². The number of hydrogen-bond acceptors (Lipinski definition) is 3. The first-order chi connectivity index (χ1) is 9.48. The molecular weight excluding hydrogens is 310 g/mol. The average molecular weight is 323 g/mol. The molecule has 8 heteroatoms. The van der Waals surface area contributed by atoms with Crippen LogP contribution < -0.4 is 0 Å². The molecule has 0 aromatic heterocycles. The van der Waals surface area contributed by atoms with Crippen LogP contribution in [-0.4, -0.2) is 36.1 Å². The lowest BCUT2D eigenvalue weighted by Gasteiger charge is -2.34. The molecule has 0 saturated carbocycles. The SMILES string of the molecule is CN(C)C(=S)C(C)(OC(=O)C(F)(F)F)c1cccc(F)c1. The van der Waals surface area contributed by atoms with Gasteiger partial charge in [0.15, 0.2) is 5.60 Å². The van der Waals surface area contributed by atoms with Crippen molar-refractivity contribution in [1.29, 1.82) is 0 Å². The lowest BCUT2D eigenvalue weighted by Crippen LogP contribution is -2.46. The van der Waals surface area contributed by atoms with Gasteiger partial charge in [0, 0.05) is 19.7 Å². The van der Waals surface area contributed by atoms with Gasteiger partial charge in [0.05, 0.1) is 0 Å². The van der Waals surface area contributed by atoms with E-state index in [9.17, 15) is 22.4 Å². The van der Waals surface area contributed by atoms with Crippen molar-refractivity contribution in [1.82, 2.24) is 4.90 Å². The molecule has 0 aliphatic rings. The molecule has 21 heavy (non-hydrogen) atoms. The van der Waals surface area contributed by atoms with Gasteiger partial charge < -0.3 is 9.64 Å². The summed E-state index contributed by atoms with van der Waals surface area (Å²) >= 11 is 5.04. The fourth-order valence-electron chi connectivity index (χ4n) is 1.68. The number of rotatable bonds is 3. The Hall–Kier alpha value is -1.70. The Morgan fingerprint density at radius 3 is 2.29 bits per heavy atom. The highest BCUT2D eigenvalue weighted by Gasteiger charge is 2.47. The molecule has 0 heterocycles. The van der Waals surface area contributed by atoms with Crippen molar-refractivity contribution < 1.29 is 27.1 Å². The van der Waals surface area contributed by atoms with Crippen LogP contribution in [0.1, 0.15) is 12.5 Å². The third kappa shape index (κ3) is 3.90. The van der Waals surface area contributed by atoms with Crippen molar-refractivity contribution in [2.45, 2.75) is 18.7 Å². The molecule has 0 aliphatic heterocycles.